The Morgan fingerprint density at radius 1 is 1.13 bits per heavy atom. The van der Waals surface area contributed by atoms with E-state index < -0.39 is 45.9 Å². The van der Waals surface area contributed by atoms with Gasteiger partial charge in [-0.15, -0.1) is 0 Å². The fraction of sp³-hybridized carbons (Fsp3) is 0.424. The van der Waals surface area contributed by atoms with Crippen LogP contribution in [0.4, 0.5) is 18.9 Å². The third-order valence-corrected chi connectivity index (χ3v) is 9.98. The molecule has 1 atom stereocenters. The molecule has 0 amide bonds. The number of likely N-dealkylation sites (N-methyl/N-ethyl adjacent to an activating group) is 1. The van der Waals surface area contributed by atoms with E-state index in [1.807, 2.05) is 18.2 Å². The van der Waals surface area contributed by atoms with Gasteiger partial charge in [-0.3, -0.25) is 4.90 Å². The second-order valence-electron chi connectivity index (χ2n) is 11.3. The number of hydrazone groups is 1. The fourth-order valence-corrected chi connectivity index (χ4v) is 7.10. The Morgan fingerprint density at radius 3 is 2.69 bits per heavy atom. The van der Waals surface area contributed by atoms with E-state index >= 15 is 4.39 Å². The summed E-state index contributed by atoms with van der Waals surface area (Å²) in [4.78, 5) is 3.86. The molecule has 5 rings (SSSR count). The molecule has 0 spiro atoms. The zero-order valence-corrected chi connectivity index (χ0v) is 26.4. The molecule has 45 heavy (non-hydrogen) atoms. The molecule has 240 valence electrons. The van der Waals surface area contributed by atoms with Gasteiger partial charge in [0.25, 0.3) is 10.0 Å². The highest BCUT2D eigenvalue weighted by atomic mass is 32.2. The zero-order chi connectivity index (χ0) is 32.0. The van der Waals surface area contributed by atoms with Crippen LogP contribution in [0.25, 0.3) is 0 Å². The number of benzene rings is 1. The van der Waals surface area contributed by atoms with E-state index in [2.05, 4.69) is 34.9 Å². The minimum absolute atomic E-state index is 0.0490. The first kappa shape index (κ1) is 32.8. The standard InChI is InChI=1S/C33H39F3N5O3S/c1-38-16-18-39(19-17-38)20-21-40-23-28(25-10-7-5-3-4-6-8-11-25)33(37-40)27-12-9-13-30(32(27)36)41(24-44-2)45(42,43)31-22-26(34)14-15-29(31)35/h5,7-15,26H,3-4,6,16-22,24H2,1-2H3/q+1. The monoisotopic (exact) mass is 642 g/mol. The van der Waals surface area contributed by atoms with Crippen molar-refractivity contribution < 1.29 is 31.0 Å². The summed E-state index contributed by atoms with van der Waals surface area (Å²) >= 11 is 0. The Kier molecular flexibility index (Phi) is 10.7. The summed E-state index contributed by atoms with van der Waals surface area (Å²) in [6, 6.07) is 4.31. The second kappa shape index (κ2) is 14.7. The second-order valence-corrected chi connectivity index (χ2v) is 13.2. The van der Waals surface area contributed by atoms with Crippen LogP contribution in [0.15, 0.2) is 87.7 Å². The number of halogens is 3. The largest absolute Gasteiger partial charge is 0.363 e. The molecule has 4 aliphatic rings. The summed E-state index contributed by atoms with van der Waals surface area (Å²) < 4.78 is 80.1. The Hall–Kier alpha value is -3.54. The van der Waals surface area contributed by atoms with Crippen LogP contribution in [0, 0.1) is 5.82 Å². The summed E-state index contributed by atoms with van der Waals surface area (Å²) in [6.07, 6.45) is 12.2. The van der Waals surface area contributed by atoms with E-state index in [0.717, 1.165) is 69.7 Å². The molecule has 12 heteroatoms. The summed E-state index contributed by atoms with van der Waals surface area (Å²) in [5, 5.41) is 4.77. The van der Waals surface area contributed by atoms with Crippen molar-refractivity contribution in [1.82, 2.24) is 9.80 Å². The van der Waals surface area contributed by atoms with Gasteiger partial charge in [-0.05, 0) is 60.9 Å². The molecule has 2 heterocycles. The van der Waals surface area contributed by atoms with Crippen molar-refractivity contribution in [1.29, 1.82) is 0 Å². The van der Waals surface area contributed by atoms with Crippen molar-refractivity contribution in [2.24, 2.45) is 5.10 Å². The quantitative estimate of drug-likeness (QED) is 0.270. The Morgan fingerprint density at radius 2 is 1.91 bits per heavy atom. The van der Waals surface area contributed by atoms with Crippen LogP contribution >= 0.6 is 0 Å². The Bertz CT molecular complexity index is 1650. The zero-order valence-electron chi connectivity index (χ0n) is 25.6. The molecule has 8 nitrogen and oxygen atoms in total. The van der Waals surface area contributed by atoms with Gasteiger partial charge in [0, 0.05) is 50.4 Å². The highest BCUT2D eigenvalue weighted by Crippen LogP contribution is 2.35. The first-order valence-electron chi connectivity index (χ1n) is 15.1. The lowest BCUT2D eigenvalue weighted by Gasteiger charge is -2.31. The lowest BCUT2D eigenvalue weighted by Crippen LogP contribution is -2.45. The molecule has 1 unspecified atom stereocenters. The lowest BCUT2D eigenvalue weighted by molar-refractivity contribution is -0.524. The van der Waals surface area contributed by atoms with Gasteiger partial charge in [0.05, 0.1) is 12.2 Å². The van der Waals surface area contributed by atoms with E-state index in [4.69, 9.17) is 9.84 Å². The molecule has 1 saturated heterocycles. The molecular formula is C33H39F3N5O3S+. The van der Waals surface area contributed by atoms with Crippen molar-refractivity contribution in [2.45, 2.75) is 31.9 Å². The topological polar surface area (TPSA) is 68.5 Å². The number of nitrogens with zero attached hydrogens (tertiary/aromatic N) is 5. The fourth-order valence-electron chi connectivity index (χ4n) is 5.50. The molecule has 1 aromatic rings. The highest BCUT2D eigenvalue weighted by molar-refractivity contribution is 7.96. The maximum Gasteiger partial charge on any atom is 0.265 e. The summed E-state index contributed by atoms with van der Waals surface area (Å²) in [6.45, 7) is 4.49. The van der Waals surface area contributed by atoms with Gasteiger partial charge in [0.15, 0.2) is 18.1 Å². The van der Waals surface area contributed by atoms with Crippen molar-refractivity contribution in [3.8, 4) is 0 Å². The van der Waals surface area contributed by atoms with Crippen LogP contribution in [-0.4, -0.2) is 101 Å². The van der Waals surface area contributed by atoms with Gasteiger partial charge in [0.2, 0.25) is 5.87 Å². The number of allylic oxidation sites excluding steroid dienone is 11. The first-order valence-corrected chi connectivity index (χ1v) is 16.6. The molecule has 2 aliphatic carbocycles. The van der Waals surface area contributed by atoms with E-state index in [9.17, 15) is 17.2 Å². The molecule has 0 N–H and O–H groups in total. The van der Waals surface area contributed by atoms with Crippen LogP contribution in [0.5, 0.6) is 0 Å². The van der Waals surface area contributed by atoms with Gasteiger partial charge in [-0.2, -0.15) is 0 Å². The van der Waals surface area contributed by atoms with Crippen LogP contribution in [0.2, 0.25) is 0 Å². The van der Waals surface area contributed by atoms with Crippen molar-refractivity contribution in [3.05, 3.63) is 94.0 Å². The number of rotatable bonds is 10. The average molecular weight is 643 g/mol. The number of methoxy groups -OCH3 is 1. The maximum absolute atomic E-state index is 16.6. The molecule has 2 aliphatic heterocycles. The predicted molar refractivity (Wildman–Crippen MR) is 171 cm³/mol. The third kappa shape index (κ3) is 7.65. The van der Waals surface area contributed by atoms with Crippen LogP contribution < -0.4 is 4.31 Å². The molecular weight excluding hydrogens is 603 g/mol. The van der Waals surface area contributed by atoms with Gasteiger partial charge in [-0.1, -0.05) is 36.4 Å². The minimum atomic E-state index is -4.70. The van der Waals surface area contributed by atoms with Gasteiger partial charge >= 0.3 is 0 Å². The van der Waals surface area contributed by atoms with E-state index in [1.54, 1.807) is 4.68 Å². The predicted octanol–water partition coefficient (Wildman–Crippen LogP) is 4.84. The molecule has 0 bridgehead atoms. The number of piperazine rings is 1. The summed E-state index contributed by atoms with van der Waals surface area (Å²) in [5.74, 6) is 1.37. The number of ether oxygens (including phenoxy) is 1. The first-order chi connectivity index (χ1) is 21.7. The van der Waals surface area contributed by atoms with Gasteiger partial charge in [-0.25, -0.2) is 25.9 Å². The molecule has 0 saturated carbocycles. The Labute approximate surface area is 263 Å². The Balaban J connectivity index is 1.54. The minimum Gasteiger partial charge on any atom is -0.363 e. The smallest absolute Gasteiger partial charge is 0.265 e. The average Bonchev–Trinajstić information content (AvgIpc) is 3.50. The SMILES string of the molecule is COCN(c1cccc(C2=N[N+](CCN3CCN(C)CC3)=C=C2C2=CC=CCCCC=C2)c1F)S(=O)(=O)C1=C(F)C=CC(F)C1. The van der Waals surface area contributed by atoms with Crippen molar-refractivity contribution >= 4 is 27.3 Å². The molecule has 0 aromatic heterocycles. The maximum atomic E-state index is 16.6. The van der Waals surface area contributed by atoms with E-state index in [-0.39, 0.29) is 11.3 Å². The van der Waals surface area contributed by atoms with E-state index in [1.165, 1.54) is 25.3 Å². The molecule has 0 radical (unpaired) electrons. The summed E-state index contributed by atoms with van der Waals surface area (Å²) in [5.41, 5.74) is 1.33. The highest BCUT2D eigenvalue weighted by Gasteiger charge is 2.36. The molecule has 1 fully saturated rings. The van der Waals surface area contributed by atoms with Crippen LogP contribution in [0.1, 0.15) is 31.2 Å². The third-order valence-electron chi connectivity index (χ3n) is 8.11. The number of sulfonamides is 1. The normalized spacial score (nSPS) is 21.6. The number of anilines is 1. The van der Waals surface area contributed by atoms with Crippen LogP contribution in [0.3, 0.4) is 0 Å². The van der Waals surface area contributed by atoms with Crippen LogP contribution in [-0.2, 0) is 14.8 Å². The lowest BCUT2D eigenvalue weighted by atomic mass is 9.95. The number of hydrogen-bond acceptors (Lipinski definition) is 6. The van der Waals surface area contributed by atoms with Crippen molar-refractivity contribution in [2.75, 3.05) is 64.5 Å². The van der Waals surface area contributed by atoms with E-state index in [0.29, 0.717) is 22.1 Å². The van der Waals surface area contributed by atoms with Gasteiger partial charge in [0.1, 0.15) is 29.2 Å². The number of alkyl halides is 1. The van der Waals surface area contributed by atoms with Gasteiger partial charge < -0.3 is 9.64 Å². The molecule has 1 aromatic carbocycles. The number of hydrogen-bond donors (Lipinski definition) is 0. The summed E-state index contributed by atoms with van der Waals surface area (Å²) in [7, 11) is -1.36. The van der Waals surface area contributed by atoms with Crippen molar-refractivity contribution in [3.63, 3.8) is 0 Å².